The Bertz CT molecular complexity index is 3070. The van der Waals surface area contributed by atoms with E-state index in [1.807, 2.05) is 48.5 Å². The van der Waals surface area contributed by atoms with Crippen LogP contribution in [0, 0.1) is 0 Å². The van der Waals surface area contributed by atoms with Crippen molar-refractivity contribution < 1.29 is 4.42 Å². The highest BCUT2D eigenvalue weighted by Crippen LogP contribution is 2.49. The van der Waals surface area contributed by atoms with Gasteiger partial charge in [0.15, 0.2) is 17.2 Å². The number of fused-ring (bicyclic) bond motifs is 12. The lowest BCUT2D eigenvalue weighted by molar-refractivity contribution is 0.671. The molecule has 0 radical (unpaired) electrons. The Labute approximate surface area is 290 Å². The van der Waals surface area contributed by atoms with Gasteiger partial charge < -0.3 is 8.98 Å². The second-order valence-electron chi connectivity index (χ2n) is 12.7. The number of benzene rings is 6. The van der Waals surface area contributed by atoms with Crippen molar-refractivity contribution in [2.24, 2.45) is 0 Å². The Morgan fingerprint density at radius 2 is 1.06 bits per heavy atom. The van der Waals surface area contributed by atoms with Crippen LogP contribution in [0.4, 0.5) is 0 Å². The van der Waals surface area contributed by atoms with Crippen LogP contribution in [-0.4, -0.2) is 29.1 Å². The first-order valence-corrected chi connectivity index (χ1v) is 16.9. The molecule has 5 heterocycles. The summed E-state index contributed by atoms with van der Waals surface area (Å²) < 4.78 is 11.5. The molecule has 0 amide bonds. The third-order valence-electron chi connectivity index (χ3n) is 9.84. The van der Waals surface area contributed by atoms with E-state index in [2.05, 4.69) is 111 Å². The summed E-state index contributed by atoms with van der Waals surface area (Å²) >= 11 is 0. The molecule has 11 rings (SSSR count). The topological polar surface area (TPSA) is 74.6 Å². The Balaban J connectivity index is 1.41. The highest BCUT2D eigenvalue weighted by atomic mass is 16.3. The fraction of sp³-hybridized carbons (Fsp3) is 0. The van der Waals surface area contributed by atoms with E-state index in [4.69, 9.17) is 19.4 Å². The molecule has 51 heavy (non-hydrogen) atoms. The van der Waals surface area contributed by atoms with Crippen molar-refractivity contribution in [2.45, 2.75) is 0 Å². The molecule has 238 valence electrons. The fourth-order valence-corrected chi connectivity index (χ4v) is 7.74. The van der Waals surface area contributed by atoms with Gasteiger partial charge in [0.25, 0.3) is 0 Å². The van der Waals surface area contributed by atoms with Crippen LogP contribution in [0.3, 0.4) is 0 Å². The van der Waals surface area contributed by atoms with Crippen molar-refractivity contribution in [3.63, 3.8) is 0 Å². The minimum absolute atomic E-state index is 0.527. The van der Waals surface area contributed by atoms with E-state index in [1.54, 1.807) is 12.4 Å². The Morgan fingerprint density at radius 1 is 0.451 bits per heavy atom. The smallest absolute Gasteiger partial charge is 0.238 e. The Morgan fingerprint density at radius 3 is 1.80 bits per heavy atom. The van der Waals surface area contributed by atoms with E-state index in [1.165, 1.54) is 0 Å². The van der Waals surface area contributed by atoms with E-state index in [0.29, 0.717) is 17.6 Å². The van der Waals surface area contributed by atoms with Crippen LogP contribution in [0.25, 0.3) is 100.0 Å². The average Bonchev–Trinajstić information content (AvgIpc) is 3.87. The first-order valence-electron chi connectivity index (χ1n) is 16.9. The molecule has 0 aliphatic rings. The predicted octanol–water partition coefficient (Wildman–Crippen LogP) is 10.7. The van der Waals surface area contributed by atoms with Gasteiger partial charge in [-0.3, -0.25) is 9.55 Å². The molecule has 0 N–H and O–H groups in total. The zero-order valence-corrected chi connectivity index (χ0v) is 27.1. The maximum atomic E-state index is 6.91. The molecule has 6 aromatic carbocycles. The van der Waals surface area contributed by atoms with Crippen molar-refractivity contribution in [3.05, 3.63) is 158 Å². The maximum Gasteiger partial charge on any atom is 0.238 e. The molecular weight excluding hydrogens is 629 g/mol. The monoisotopic (exact) mass is 654 g/mol. The number of para-hydroxylation sites is 4. The predicted molar refractivity (Wildman–Crippen MR) is 204 cm³/mol. The lowest BCUT2D eigenvalue weighted by Crippen LogP contribution is -2.06. The number of furan rings is 1. The van der Waals surface area contributed by atoms with Crippen molar-refractivity contribution >= 4 is 65.6 Å². The molecule has 0 saturated heterocycles. The van der Waals surface area contributed by atoms with E-state index >= 15 is 0 Å². The van der Waals surface area contributed by atoms with Gasteiger partial charge in [0.2, 0.25) is 5.95 Å². The zero-order chi connectivity index (χ0) is 33.5. The SMILES string of the molecule is c1ccc(-c2nc(-c3cccnc3)nc(-n3c4ccccc4c4c5c6ccccc6oc5c5c(c6ccccc6n5-c5ccccc5)c43)n2)cc1. The third kappa shape index (κ3) is 4.00. The van der Waals surface area contributed by atoms with Crippen LogP contribution in [0.1, 0.15) is 0 Å². The molecule has 0 aliphatic carbocycles. The number of hydrogen-bond acceptors (Lipinski definition) is 5. The Kier molecular flexibility index (Phi) is 5.83. The summed E-state index contributed by atoms with van der Waals surface area (Å²) in [5.74, 6) is 1.66. The number of rotatable bonds is 4. The second-order valence-corrected chi connectivity index (χ2v) is 12.7. The molecule has 0 aliphatic heterocycles. The van der Waals surface area contributed by atoms with Gasteiger partial charge in [0.1, 0.15) is 5.58 Å². The van der Waals surface area contributed by atoms with Crippen LogP contribution in [0.2, 0.25) is 0 Å². The Hall–Kier alpha value is -7.12. The summed E-state index contributed by atoms with van der Waals surface area (Å²) in [6.07, 6.45) is 3.56. The van der Waals surface area contributed by atoms with Gasteiger partial charge in [0.05, 0.1) is 22.1 Å². The average molecular weight is 655 g/mol. The van der Waals surface area contributed by atoms with E-state index in [-0.39, 0.29) is 0 Å². The molecule has 11 aromatic rings. The van der Waals surface area contributed by atoms with Crippen molar-refractivity contribution in [2.75, 3.05) is 0 Å². The standard InChI is InChI=1S/C44H26N6O/c1-3-14-27(15-4-1)42-46-43(28-16-13-25-45-26-28)48-44(47-42)50-34-23-11-7-19-30(34)36-37-32-21-9-12-24-35(32)51-41(37)40-38(39(36)50)31-20-8-10-22-33(31)49(40)29-17-5-2-6-18-29/h1-26H. The van der Waals surface area contributed by atoms with Gasteiger partial charge in [-0.2, -0.15) is 9.97 Å². The van der Waals surface area contributed by atoms with Crippen LogP contribution in [0.5, 0.6) is 0 Å². The van der Waals surface area contributed by atoms with Gasteiger partial charge >= 0.3 is 0 Å². The summed E-state index contributed by atoms with van der Waals surface area (Å²) in [7, 11) is 0. The zero-order valence-electron chi connectivity index (χ0n) is 27.1. The highest BCUT2D eigenvalue weighted by molar-refractivity contribution is 6.39. The lowest BCUT2D eigenvalue weighted by atomic mass is 10.0. The molecule has 0 atom stereocenters. The molecule has 0 saturated carbocycles. The van der Waals surface area contributed by atoms with Crippen LogP contribution in [-0.2, 0) is 0 Å². The van der Waals surface area contributed by atoms with Gasteiger partial charge in [-0.05, 0) is 42.5 Å². The van der Waals surface area contributed by atoms with Crippen LogP contribution >= 0.6 is 0 Å². The molecular formula is C44H26N6O. The summed E-state index contributed by atoms with van der Waals surface area (Å²) in [6, 6.07) is 49.9. The quantitative estimate of drug-likeness (QED) is 0.189. The fourth-order valence-electron chi connectivity index (χ4n) is 7.74. The molecule has 7 heteroatoms. The maximum absolute atomic E-state index is 6.91. The molecule has 7 nitrogen and oxygen atoms in total. The first kappa shape index (κ1) is 27.8. The van der Waals surface area contributed by atoms with Gasteiger partial charge in [-0.15, -0.1) is 0 Å². The number of nitrogens with zero attached hydrogens (tertiary/aromatic N) is 6. The normalized spacial score (nSPS) is 11.9. The summed E-state index contributed by atoms with van der Waals surface area (Å²) in [5, 5.41) is 6.48. The highest BCUT2D eigenvalue weighted by Gasteiger charge is 2.28. The minimum Gasteiger partial charge on any atom is -0.454 e. The summed E-state index contributed by atoms with van der Waals surface area (Å²) in [5.41, 5.74) is 8.54. The van der Waals surface area contributed by atoms with E-state index in [9.17, 15) is 0 Å². The molecule has 0 bridgehead atoms. The molecule has 5 aromatic heterocycles. The third-order valence-corrected chi connectivity index (χ3v) is 9.84. The van der Waals surface area contributed by atoms with Crippen molar-refractivity contribution in [1.29, 1.82) is 0 Å². The molecule has 0 spiro atoms. The van der Waals surface area contributed by atoms with Gasteiger partial charge in [-0.25, -0.2) is 4.98 Å². The summed E-state index contributed by atoms with van der Waals surface area (Å²) in [6.45, 7) is 0. The minimum atomic E-state index is 0.527. The number of hydrogen-bond donors (Lipinski definition) is 0. The van der Waals surface area contributed by atoms with E-state index < -0.39 is 0 Å². The van der Waals surface area contributed by atoms with Crippen molar-refractivity contribution in [3.8, 4) is 34.4 Å². The second kappa shape index (κ2) is 10.7. The van der Waals surface area contributed by atoms with Gasteiger partial charge in [0, 0.05) is 61.5 Å². The van der Waals surface area contributed by atoms with E-state index in [0.717, 1.165) is 82.4 Å². The number of pyridine rings is 1. The largest absolute Gasteiger partial charge is 0.454 e. The lowest BCUT2D eigenvalue weighted by Gasteiger charge is -2.12. The van der Waals surface area contributed by atoms with Gasteiger partial charge in [-0.1, -0.05) is 103 Å². The van der Waals surface area contributed by atoms with Crippen LogP contribution < -0.4 is 0 Å². The first-order chi connectivity index (χ1) is 25.3. The van der Waals surface area contributed by atoms with Crippen LogP contribution in [0.15, 0.2) is 162 Å². The molecule has 0 fully saturated rings. The van der Waals surface area contributed by atoms with Crippen molar-refractivity contribution in [1.82, 2.24) is 29.1 Å². The number of aromatic nitrogens is 6. The molecule has 0 unspecified atom stereocenters. The summed E-state index contributed by atoms with van der Waals surface area (Å²) in [4.78, 5) is 19.9.